The van der Waals surface area contributed by atoms with Gasteiger partial charge in [-0.25, -0.2) is 0 Å². The highest BCUT2D eigenvalue weighted by atomic mass is 16.1. The molecule has 34 heavy (non-hydrogen) atoms. The lowest BCUT2D eigenvalue weighted by Crippen LogP contribution is -2.21. The number of nitrogens with zero attached hydrogens (tertiary/aromatic N) is 1. The molecule has 0 bridgehead atoms. The summed E-state index contributed by atoms with van der Waals surface area (Å²) in [5, 5.41) is 0. The lowest BCUT2D eigenvalue weighted by molar-refractivity contribution is 0.103. The molecule has 0 spiro atoms. The van der Waals surface area contributed by atoms with Crippen LogP contribution in [-0.2, 0) is 0 Å². The molecule has 4 aromatic carbocycles. The second-order valence-electron chi connectivity index (χ2n) is 7.70. The molecule has 0 saturated carbocycles. The minimum atomic E-state index is -0.0336. The zero-order chi connectivity index (χ0) is 24.3. The zero-order valence-corrected chi connectivity index (χ0v) is 19.6. The maximum absolute atomic E-state index is 12.3. The number of para-hydroxylation sites is 1. The second-order valence-corrected chi connectivity index (χ2v) is 7.70. The van der Waals surface area contributed by atoms with Crippen molar-refractivity contribution < 1.29 is 9.59 Å². The molecule has 4 nitrogen and oxygen atoms in total. The van der Waals surface area contributed by atoms with E-state index < -0.39 is 0 Å². The molecule has 2 N–H and O–H groups in total. The van der Waals surface area contributed by atoms with Crippen LogP contribution in [-0.4, -0.2) is 24.7 Å². The van der Waals surface area contributed by atoms with Gasteiger partial charge in [0.05, 0.1) is 0 Å². The Morgan fingerprint density at radius 2 is 1.03 bits per heavy atom. The number of hydrogen-bond acceptors (Lipinski definition) is 4. The fourth-order valence-corrected chi connectivity index (χ4v) is 3.62. The van der Waals surface area contributed by atoms with Gasteiger partial charge in [-0.05, 0) is 50.2 Å². The van der Waals surface area contributed by atoms with Crippen molar-refractivity contribution in [3.8, 4) is 0 Å². The van der Waals surface area contributed by atoms with Gasteiger partial charge in [-0.3, -0.25) is 9.59 Å². The first-order valence-corrected chi connectivity index (χ1v) is 11.4. The van der Waals surface area contributed by atoms with Crippen molar-refractivity contribution in [3.05, 3.63) is 131 Å². The Bertz CT molecular complexity index is 1200. The van der Waals surface area contributed by atoms with Crippen LogP contribution in [0.3, 0.4) is 0 Å². The molecule has 4 rings (SSSR count). The van der Waals surface area contributed by atoms with Gasteiger partial charge in [-0.15, -0.1) is 0 Å². The monoisotopic (exact) mass is 450 g/mol. The fraction of sp³-hybridized carbons (Fsp3) is 0.133. The van der Waals surface area contributed by atoms with Crippen LogP contribution < -0.4 is 10.6 Å². The molecule has 0 aromatic heterocycles. The Labute approximate surface area is 201 Å². The van der Waals surface area contributed by atoms with E-state index in [2.05, 4.69) is 18.7 Å². The van der Waals surface area contributed by atoms with Crippen LogP contribution in [0, 0.1) is 0 Å². The molecule has 0 aliphatic carbocycles. The predicted octanol–water partition coefficient (Wildman–Crippen LogP) is 6.26. The number of carbonyl (C=O) groups is 2. The first-order valence-electron chi connectivity index (χ1n) is 11.4. The highest BCUT2D eigenvalue weighted by Gasteiger charge is 2.11. The summed E-state index contributed by atoms with van der Waals surface area (Å²) in [4.78, 5) is 26.5. The molecule has 4 aromatic rings. The molecule has 0 radical (unpaired) electrons. The first kappa shape index (κ1) is 24.5. The van der Waals surface area contributed by atoms with E-state index in [1.54, 1.807) is 24.3 Å². The van der Waals surface area contributed by atoms with Gasteiger partial charge >= 0.3 is 0 Å². The van der Waals surface area contributed by atoms with E-state index in [-0.39, 0.29) is 11.6 Å². The van der Waals surface area contributed by atoms with Gasteiger partial charge in [0.25, 0.3) is 0 Å². The van der Waals surface area contributed by atoms with E-state index in [9.17, 15) is 9.59 Å². The third kappa shape index (κ3) is 6.20. The van der Waals surface area contributed by atoms with Gasteiger partial charge in [-0.2, -0.15) is 0 Å². The zero-order valence-electron chi connectivity index (χ0n) is 19.6. The lowest BCUT2D eigenvalue weighted by Gasteiger charge is -2.21. The normalized spacial score (nSPS) is 10.1. The number of hydrogen-bond donors (Lipinski definition) is 1. The topological polar surface area (TPSA) is 63.4 Å². The summed E-state index contributed by atoms with van der Waals surface area (Å²) < 4.78 is 0. The molecule has 4 heteroatoms. The van der Waals surface area contributed by atoms with Gasteiger partial charge in [0.15, 0.2) is 11.6 Å². The van der Waals surface area contributed by atoms with Crippen LogP contribution in [0.5, 0.6) is 0 Å². The number of anilines is 2. The number of rotatable bonds is 7. The fourth-order valence-electron chi connectivity index (χ4n) is 3.62. The SMILES string of the molecule is CCN(CC)c1ccc(C(=O)c2ccccc2)cc1.Nc1ccccc1C(=O)c1ccccc1. The van der Waals surface area contributed by atoms with Crippen LogP contribution in [0.2, 0.25) is 0 Å². The molecule has 172 valence electrons. The van der Waals surface area contributed by atoms with E-state index in [0.717, 1.165) is 29.9 Å². The van der Waals surface area contributed by atoms with Crippen LogP contribution in [0.25, 0.3) is 0 Å². The summed E-state index contributed by atoms with van der Waals surface area (Å²) in [5.74, 6) is 0.0420. The van der Waals surface area contributed by atoms with Crippen LogP contribution in [0.1, 0.15) is 45.7 Å². The highest BCUT2D eigenvalue weighted by molar-refractivity contribution is 6.12. The molecular weight excluding hydrogens is 420 g/mol. The summed E-state index contributed by atoms with van der Waals surface area (Å²) >= 11 is 0. The van der Waals surface area contributed by atoms with E-state index in [0.29, 0.717) is 16.8 Å². The van der Waals surface area contributed by atoms with Gasteiger partial charge < -0.3 is 10.6 Å². The summed E-state index contributed by atoms with van der Waals surface area (Å²) in [5.41, 5.74) is 10.1. The highest BCUT2D eigenvalue weighted by Crippen LogP contribution is 2.17. The Morgan fingerprint density at radius 1 is 0.588 bits per heavy atom. The largest absolute Gasteiger partial charge is 0.398 e. The molecule has 0 aliphatic rings. The van der Waals surface area contributed by atoms with Crippen molar-refractivity contribution >= 4 is 22.9 Å². The standard InChI is InChI=1S/C17H19NO.C13H11NO/c1-3-18(4-2)16-12-10-15(11-13-16)17(19)14-8-6-5-7-9-14;14-12-9-5-4-8-11(12)13(15)10-6-2-1-3-7-10/h5-13H,3-4H2,1-2H3;1-9H,14H2. The third-order valence-electron chi connectivity index (χ3n) is 5.54. The van der Waals surface area contributed by atoms with Crippen LogP contribution in [0.15, 0.2) is 109 Å². The van der Waals surface area contributed by atoms with Crippen molar-refractivity contribution in [2.45, 2.75) is 13.8 Å². The van der Waals surface area contributed by atoms with E-state index in [1.807, 2.05) is 84.9 Å². The number of ketones is 2. The van der Waals surface area contributed by atoms with Crippen molar-refractivity contribution in [1.82, 2.24) is 0 Å². The Morgan fingerprint density at radius 3 is 1.53 bits per heavy atom. The minimum Gasteiger partial charge on any atom is -0.398 e. The smallest absolute Gasteiger partial charge is 0.195 e. The summed E-state index contributed by atoms with van der Waals surface area (Å²) in [6.45, 7) is 6.21. The van der Waals surface area contributed by atoms with Crippen LogP contribution in [0.4, 0.5) is 11.4 Å². The van der Waals surface area contributed by atoms with E-state index >= 15 is 0 Å². The maximum atomic E-state index is 12.3. The molecule has 0 amide bonds. The van der Waals surface area contributed by atoms with Gasteiger partial charge in [0.2, 0.25) is 0 Å². The average Bonchev–Trinajstić information content (AvgIpc) is 2.91. The lowest BCUT2D eigenvalue weighted by atomic mass is 10.0. The molecule has 0 saturated heterocycles. The van der Waals surface area contributed by atoms with Crippen molar-refractivity contribution in [2.24, 2.45) is 0 Å². The van der Waals surface area contributed by atoms with Gasteiger partial charge in [0, 0.05) is 46.7 Å². The maximum Gasteiger partial charge on any atom is 0.195 e. The van der Waals surface area contributed by atoms with Crippen molar-refractivity contribution in [1.29, 1.82) is 0 Å². The Hall–Kier alpha value is -4.18. The average molecular weight is 451 g/mol. The predicted molar refractivity (Wildman–Crippen MR) is 141 cm³/mol. The number of benzene rings is 4. The summed E-state index contributed by atoms with van der Waals surface area (Å²) in [6.07, 6.45) is 0. The summed E-state index contributed by atoms with van der Waals surface area (Å²) in [7, 11) is 0. The summed E-state index contributed by atoms with van der Waals surface area (Å²) in [6, 6.07) is 33.5. The number of nitrogens with two attached hydrogens (primary N) is 1. The van der Waals surface area contributed by atoms with E-state index in [1.165, 1.54) is 0 Å². The third-order valence-corrected chi connectivity index (χ3v) is 5.54. The Balaban J connectivity index is 0.000000196. The van der Waals surface area contributed by atoms with Crippen molar-refractivity contribution in [2.75, 3.05) is 23.7 Å². The minimum absolute atomic E-state index is 0.0336. The van der Waals surface area contributed by atoms with Gasteiger partial charge in [-0.1, -0.05) is 72.8 Å². The van der Waals surface area contributed by atoms with Gasteiger partial charge in [0.1, 0.15) is 0 Å². The van der Waals surface area contributed by atoms with Crippen LogP contribution >= 0.6 is 0 Å². The van der Waals surface area contributed by atoms with E-state index in [4.69, 9.17) is 5.73 Å². The molecular formula is C30H30N2O2. The molecule has 0 aliphatic heterocycles. The molecule has 0 unspecified atom stereocenters. The second kappa shape index (κ2) is 12.2. The first-order chi connectivity index (χ1) is 16.5. The molecule has 0 fully saturated rings. The van der Waals surface area contributed by atoms with Crippen molar-refractivity contribution in [3.63, 3.8) is 0 Å². The molecule has 0 heterocycles. The number of carbonyl (C=O) groups excluding carboxylic acids is 2. The number of nitrogen functional groups attached to an aromatic ring is 1. The Kier molecular flexibility index (Phi) is 8.75. The molecule has 0 atom stereocenters. The quantitative estimate of drug-likeness (QED) is 0.266.